The van der Waals surface area contributed by atoms with Crippen LogP contribution in [0.3, 0.4) is 0 Å². The van der Waals surface area contributed by atoms with Crippen molar-refractivity contribution in [1.82, 2.24) is 0 Å². The van der Waals surface area contributed by atoms with Crippen LogP contribution in [0, 0.1) is 0 Å². The van der Waals surface area contributed by atoms with E-state index in [0.717, 1.165) is 11.4 Å². The van der Waals surface area contributed by atoms with E-state index in [1.165, 1.54) is 5.56 Å². The standard InChI is InChI=1S/C8H10ClN.C2HF3O2/c9-8-3-1-2-7(6-8)4-5-10;3-2(4,5)1(6)7/h1-3,6H,4-5,10H2;(H,6,7). The molecule has 0 fully saturated rings. The fraction of sp³-hybridized carbons (Fsp3) is 0.300. The molecule has 0 saturated heterocycles. The van der Waals surface area contributed by atoms with Crippen molar-refractivity contribution < 1.29 is 23.1 Å². The SMILES string of the molecule is NCCc1cccc(Cl)c1.O=C(O)C(F)(F)F. The summed E-state index contributed by atoms with van der Waals surface area (Å²) in [5, 5.41) is 7.91. The first kappa shape index (κ1) is 15.7. The predicted molar refractivity (Wildman–Crippen MR) is 57.9 cm³/mol. The summed E-state index contributed by atoms with van der Waals surface area (Å²) in [6.45, 7) is 0.681. The minimum Gasteiger partial charge on any atom is -0.475 e. The van der Waals surface area contributed by atoms with Gasteiger partial charge in [0.05, 0.1) is 0 Å². The van der Waals surface area contributed by atoms with Gasteiger partial charge < -0.3 is 10.8 Å². The van der Waals surface area contributed by atoms with Crippen molar-refractivity contribution in [2.75, 3.05) is 6.54 Å². The molecule has 3 N–H and O–H groups in total. The Balaban J connectivity index is 0.000000325. The van der Waals surface area contributed by atoms with Crippen LogP contribution in [0.1, 0.15) is 5.56 Å². The molecule has 0 unspecified atom stereocenters. The molecule has 96 valence electrons. The van der Waals surface area contributed by atoms with E-state index in [2.05, 4.69) is 0 Å². The van der Waals surface area contributed by atoms with Crippen LogP contribution >= 0.6 is 11.6 Å². The lowest BCUT2D eigenvalue weighted by atomic mass is 10.2. The van der Waals surface area contributed by atoms with Gasteiger partial charge in [-0.2, -0.15) is 13.2 Å². The van der Waals surface area contributed by atoms with E-state index < -0.39 is 12.1 Å². The highest BCUT2D eigenvalue weighted by Crippen LogP contribution is 2.13. The zero-order valence-corrected chi connectivity index (χ0v) is 9.42. The lowest BCUT2D eigenvalue weighted by Gasteiger charge is -1.96. The summed E-state index contributed by atoms with van der Waals surface area (Å²) in [7, 11) is 0. The fourth-order valence-electron chi connectivity index (χ4n) is 0.859. The third-order valence-electron chi connectivity index (χ3n) is 1.56. The van der Waals surface area contributed by atoms with Crippen LogP contribution in [0.5, 0.6) is 0 Å². The summed E-state index contributed by atoms with van der Waals surface area (Å²) in [4.78, 5) is 8.90. The van der Waals surface area contributed by atoms with Crippen LogP contribution in [-0.4, -0.2) is 23.8 Å². The Morgan fingerprint density at radius 2 is 1.94 bits per heavy atom. The van der Waals surface area contributed by atoms with Crippen molar-refractivity contribution in [2.24, 2.45) is 5.73 Å². The van der Waals surface area contributed by atoms with Gasteiger partial charge >= 0.3 is 12.1 Å². The number of alkyl halides is 3. The van der Waals surface area contributed by atoms with Crippen LogP contribution in [0.25, 0.3) is 0 Å². The highest BCUT2D eigenvalue weighted by Gasteiger charge is 2.38. The van der Waals surface area contributed by atoms with Crippen molar-refractivity contribution in [1.29, 1.82) is 0 Å². The Labute approximate surface area is 101 Å². The largest absolute Gasteiger partial charge is 0.490 e. The Hall–Kier alpha value is -1.27. The maximum absolute atomic E-state index is 10.6. The van der Waals surface area contributed by atoms with Gasteiger partial charge in [0.15, 0.2) is 0 Å². The summed E-state index contributed by atoms with van der Waals surface area (Å²) in [5.41, 5.74) is 6.57. The Morgan fingerprint density at radius 1 is 1.41 bits per heavy atom. The molecule has 0 aromatic heterocycles. The summed E-state index contributed by atoms with van der Waals surface area (Å²) in [5.74, 6) is -2.76. The van der Waals surface area contributed by atoms with Crippen LogP contribution in [0.15, 0.2) is 24.3 Å². The molecule has 3 nitrogen and oxygen atoms in total. The maximum Gasteiger partial charge on any atom is 0.490 e. The zero-order chi connectivity index (χ0) is 13.5. The van der Waals surface area contributed by atoms with Gasteiger partial charge in [-0.3, -0.25) is 0 Å². The van der Waals surface area contributed by atoms with Crippen LogP contribution < -0.4 is 5.73 Å². The molecule has 1 rings (SSSR count). The number of carboxylic acids is 1. The van der Waals surface area contributed by atoms with E-state index in [4.69, 9.17) is 27.2 Å². The van der Waals surface area contributed by atoms with Gasteiger partial charge in [0, 0.05) is 5.02 Å². The second kappa shape index (κ2) is 7.13. The maximum atomic E-state index is 10.6. The normalized spacial score (nSPS) is 10.4. The molecule has 0 amide bonds. The van der Waals surface area contributed by atoms with E-state index in [1.807, 2.05) is 24.3 Å². The monoisotopic (exact) mass is 269 g/mol. The minimum atomic E-state index is -5.08. The molecule has 0 aliphatic carbocycles. The van der Waals surface area contributed by atoms with Gasteiger partial charge in [-0.1, -0.05) is 23.7 Å². The molecular formula is C10H11ClF3NO2. The number of carboxylic acid groups (broad SMARTS) is 1. The Kier molecular flexibility index (Phi) is 6.60. The van der Waals surface area contributed by atoms with E-state index in [0.29, 0.717) is 6.54 Å². The van der Waals surface area contributed by atoms with Gasteiger partial charge in [-0.15, -0.1) is 0 Å². The topological polar surface area (TPSA) is 63.3 Å². The summed E-state index contributed by atoms with van der Waals surface area (Å²) in [6, 6.07) is 7.77. The van der Waals surface area contributed by atoms with Crippen molar-refractivity contribution >= 4 is 17.6 Å². The number of hydrogen-bond acceptors (Lipinski definition) is 2. The van der Waals surface area contributed by atoms with Gasteiger partial charge in [-0.05, 0) is 30.7 Å². The number of carbonyl (C=O) groups is 1. The molecule has 0 aliphatic rings. The summed E-state index contributed by atoms with van der Waals surface area (Å²) >= 11 is 5.74. The van der Waals surface area contributed by atoms with Crippen molar-refractivity contribution in [3.8, 4) is 0 Å². The number of aliphatic carboxylic acids is 1. The number of hydrogen-bond donors (Lipinski definition) is 2. The molecular weight excluding hydrogens is 259 g/mol. The third kappa shape index (κ3) is 7.59. The molecule has 0 spiro atoms. The van der Waals surface area contributed by atoms with Crippen LogP contribution in [-0.2, 0) is 11.2 Å². The molecule has 0 bridgehead atoms. The molecule has 0 saturated carbocycles. The highest BCUT2D eigenvalue weighted by molar-refractivity contribution is 6.30. The second-order valence-corrected chi connectivity index (χ2v) is 3.41. The molecule has 0 radical (unpaired) electrons. The van der Waals surface area contributed by atoms with Gasteiger partial charge in [-0.25, -0.2) is 4.79 Å². The smallest absolute Gasteiger partial charge is 0.475 e. The van der Waals surface area contributed by atoms with E-state index >= 15 is 0 Å². The second-order valence-electron chi connectivity index (χ2n) is 2.97. The third-order valence-corrected chi connectivity index (χ3v) is 1.80. The molecule has 17 heavy (non-hydrogen) atoms. The Morgan fingerprint density at radius 3 is 2.29 bits per heavy atom. The quantitative estimate of drug-likeness (QED) is 0.867. The predicted octanol–water partition coefficient (Wildman–Crippen LogP) is 2.47. The molecule has 7 heteroatoms. The Bertz CT molecular complexity index is 369. The van der Waals surface area contributed by atoms with E-state index in [-0.39, 0.29) is 0 Å². The van der Waals surface area contributed by atoms with Crippen LogP contribution in [0.2, 0.25) is 5.02 Å². The van der Waals surface area contributed by atoms with Gasteiger partial charge in [0.1, 0.15) is 0 Å². The first-order chi connectivity index (χ1) is 7.77. The lowest BCUT2D eigenvalue weighted by Crippen LogP contribution is -2.21. The molecule has 0 atom stereocenters. The van der Waals surface area contributed by atoms with Gasteiger partial charge in [0.2, 0.25) is 0 Å². The van der Waals surface area contributed by atoms with E-state index in [1.54, 1.807) is 0 Å². The number of nitrogens with two attached hydrogens (primary N) is 1. The number of rotatable bonds is 2. The first-order valence-electron chi connectivity index (χ1n) is 4.52. The molecule has 0 heterocycles. The number of halogens is 4. The number of benzene rings is 1. The summed E-state index contributed by atoms with van der Waals surface area (Å²) in [6.07, 6.45) is -4.18. The zero-order valence-electron chi connectivity index (χ0n) is 8.67. The molecule has 0 aliphatic heterocycles. The summed E-state index contributed by atoms with van der Waals surface area (Å²) < 4.78 is 31.7. The lowest BCUT2D eigenvalue weighted by molar-refractivity contribution is -0.192. The van der Waals surface area contributed by atoms with E-state index in [9.17, 15) is 13.2 Å². The average molecular weight is 270 g/mol. The highest BCUT2D eigenvalue weighted by atomic mass is 35.5. The molecule has 1 aromatic carbocycles. The molecule has 1 aromatic rings. The fourth-order valence-corrected chi connectivity index (χ4v) is 1.07. The van der Waals surface area contributed by atoms with Crippen LogP contribution in [0.4, 0.5) is 13.2 Å². The van der Waals surface area contributed by atoms with Gasteiger partial charge in [0.25, 0.3) is 0 Å². The minimum absolute atomic E-state index is 0.681. The first-order valence-corrected chi connectivity index (χ1v) is 4.89. The van der Waals surface area contributed by atoms with Crippen molar-refractivity contribution in [2.45, 2.75) is 12.6 Å². The van der Waals surface area contributed by atoms with Crippen molar-refractivity contribution in [3.63, 3.8) is 0 Å². The van der Waals surface area contributed by atoms with Crippen molar-refractivity contribution in [3.05, 3.63) is 34.9 Å². The average Bonchev–Trinajstić information content (AvgIpc) is 2.17.